The van der Waals surface area contributed by atoms with Crippen molar-refractivity contribution in [3.63, 3.8) is 0 Å². The second kappa shape index (κ2) is 20.3. The molecule has 1 nitrogen and oxygen atoms in total. The number of thioether (sulfide) groups is 1. The van der Waals surface area contributed by atoms with Crippen LogP contribution in [0, 0.1) is 0 Å². The lowest BCUT2D eigenvalue weighted by molar-refractivity contribution is 0.533. The minimum atomic E-state index is 1.19. The SMILES string of the molecule is CCSCCCCCCCCCCCCCCCCNC. The van der Waals surface area contributed by atoms with Crippen LogP contribution in [0.4, 0.5) is 0 Å². The summed E-state index contributed by atoms with van der Waals surface area (Å²) in [6.45, 7) is 3.45. The summed E-state index contributed by atoms with van der Waals surface area (Å²) in [5.41, 5.74) is 0. The Morgan fingerprint density at radius 3 is 1.33 bits per heavy atom. The van der Waals surface area contributed by atoms with E-state index in [1.807, 2.05) is 7.05 Å². The first kappa shape index (κ1) is 21.3. The van der Waals surface area contributed by atoms with Crippen molar-refractivity contribution in [3.05, 3.63) is 0 Å². The Kier molecular flexibility index (Phi) is 20.6. The Hall–Kier alpha value is 0.310. The molecule has 0 rings (SSSR count). The van der Waals surface area contributed by atoms with Gasteiger partial charge in [0.05, 0.1) is 0 Å². The highest BCUT2D eigenvalue weighted by atomic mass is 32.2. The van der Waals surface area contributed by atoms with Gasteiger partial charge in [-0.1, -0.05) is 84.0 Å². The molecule has 2 heteroatoms. The minimum Gasteiger partial charge on any atom is -0.320 e. The van der Waals surface area contributed by atoms with Crippen molar-refractivity contribution in [2.75, 3.05) is 25.1 Å². The molecule has 0 atom stereocenters. The lowest BCUT2D eigenvalue weighted by Gasteiger charge is -2.03. The molecule has 0 amide bonds. The van der Waals surface area contributed by atoms with E-state index < -0.39 is 0 Å². The predicted molar refractivity (Wildman–Crippen MR) is 102 cm³/mol. The molecule has 0 radical (unpaired) electrons. The topological polar surface area (TPSA) is 12.0 Å². The Morgan fingerprint density at radius 2 is 0.952 bits per heavy atom. The number of hydrogen-bond donors (Lipinski definition) is 1. The van der Waals surface area contributed by atoms with Crippen molar-refractivity contribution in [1.82, 2.24) is 5.32 Å². The van der Waals surface area contributed by atoms with Crippen LogP contribution in [0.1, 0.15) is 96.8 Å². The van der Waals surface area contributed by atoms with Crippen molar-refractivity contribution in [1.29, 1.82) is 0 Å². The largest absolute Gasteiger partial charge is 0.320 e. The second-order valence-electron chi connectivity index (χ2n) is 6.25. The third-order valence-electron chi connectivity index (χ3n) is 4.17. The van der Waals surface area contributed by atoms with Gasteiger partial charge in [-0.25, -0.2) is 0 Å². The first-order chi connectivity index (χ1) is 10.4. The van der Waals surface area contributed by atoms with Crippen LogP contribution in [0.15, 0.2) is 0 Å². The first-order valence-electron chi connectivity index (χ1n) is 9.64. The highest BCUT2D eigenvalue weighted by molar-refractivity contribution is 7.99. The maximum absolute atomic E-state index is 3.22. The Morgan fingerprint density at radius 1 is 0.571 bits per heavy atom. The zero-order valence-corrected chi connectivity index (χ0v) is 15.7. The number of nitrogens with one attached hydrogen (secondary N) is 1. The molecule has 0 saturated heterocycles. The molecule has 128 valence electrons. The quantitative estimate of drug-likeness (QED) is 0.293. The van der Waals surface area contributed by atoms with Gasteiger partial charge in [-0.05, 0) is 37.9 Å². The molecule has 0 aliphatic rings. The molecule has 0 aromatic rings. The third kappa shape index (κ3) is 20.3. The zero-order chi connectivity index (χ0) is 15.4. The predicted octanol–water partition coefficient (Wildman–Crippen LogP) is 6.42. The molecule has 0 bridgehead atoms. The van der Waals surface area contributed by atoms with E-state index >= 15 is 0 Å². The lowest BCUT2D eigenvalue weighted by atomic mass is 10.0. The van der Waals surface area contributed by atoms with Crippen molar-refractivity contribution >= 4 is 11.8 Å². The summed E-state index contributed by atoms with van der Waals surface area (Å²) < 4.78 is 0. The molecular formula is C19H41NS. The number of rotatable bonds is 18. The van der Waals surface area contributed by atoms with E-state index in [9.17, 15) is 0 Å². The van der Waals surface area contributed by atoms with Crippen LogP contribution < -0.4 is 5.32 Å². The normalized spacial score (nSPS) is 11.1. The molecule has 0 fully saturated rings. The Labute approximate surface area is 139 Å². The maximum atomic E-state index is 3.22. The van der Waals surface area contributed by atoms with E-state index in [0.29, 0.717) is 0 Å². The average molecular weight is 316 g/mol. The van der Waals surface area contributed by atoms with Gasteiger partial charge in [0.2, 0.25) is 0 Å². The van der Waals surface area contributed by atoms with E-state index in [1.54, 1.807) is 0 Å². The van der Waals surface area contributed by atoms with Crippen LogP contribution in [0.2, 0.25) is 0 Å². The monoisotopic (exact) mass is 315 g/mol. The van der Waals surface area contributed by atoms with Crippen LogP contribution in [-0.4, -0.2) is 25.1 Å². The molecule has 0 spiro atoms. The zero-order valence-electron chi connectivity index (χ0n) is 14.9. The van der Waals surface area contributed by atoms with Gasteiger partial charge in [-0.2, -0.15) is 11.8 Å². The molecule has 0 heterocycles. The fourth-order valence-electron chi connectivity index (χ4n) is 2.77. The molecule has 0 aliphatic carbocycles. The summed E-state index contributed by atoms with van der Waals surface area (Å²) in [5, 5.41) is 3.22. The van der Waals surface area contributed by atoms with Crippen LogP contribution in [0.5, 0.6) is 0 Å². The highest BCUT2D eigenvalue weighted by Crippen LogP contribution is 2.13. The van der Waals surface area contributed by atoms with Crippen molar-refractivity contribution < 1.29 is 0 Å². The van der Waals surface area contributed by atoms with Gasteiger partial charge in [-0.3, -0.25) is 0 Å². The van der Waals surface area contributed by atoms with E-state index in [4.69, 9.17) is 0 Å². The third-order valence-corrected chi connectivity index (χ3v) is 5.16. The smallest absolute Gasteiger partial charge is 0.00519 e. The van der Waals surface area contributed by atoms with Crippen LogP contribution in [0.3, 0.4) is 0 Å². The molecule has 0 unspecified atom stereocenters. The molecule has 1 N–H and O–H groups in total. The van der Waals surface area contributed by atoms with Gasteiger partial charge in [0, 0.05) is 0 Å². The van der Waals surface area contributed by atoms with Crippen molar-refractivity contribution in [2.24, 2.45) is 0 Å². The van der Waals surface area contributed by atoms with Gasteiger partial charge in [-0.15, -0.1) is 0 Å². The maximum Gasteiger partial charge on any atom is -0.00519 e. The van der Waals surface area contributed by atoms with Gasteiger partial charge in [0.15, 0.2) is 0 Å². The van der Waals surface area contributed by atoms with E-state index in [1.165, 1.54) is 108 Å². The van der Waals surface area contributed by atoms with Gasteiger partial charge < -0.3 is 5.32 Å². The number of unbranched alkanes of at least 4 members (excludes halogenated alkanes) is 13. The average Bonchev–Trinajstić information content (AvgIpc) is 2.50. The van der Waals surface area contributed by atoms with Crippen molar-refractivity contribution in [3.8, 4) is 0 Å². The molecule has 0 aromatic heterocycles. The van der Waals surface area contributed by atoms with Crippen LogP contribution in [-0.2, 0) is 0 Å². The van der Waals surface area contributed by atoms with Crippen molar-refractivity contribution in [2.45, 2.75) is 96.8 Å². The Bertz CT molecular complexity index is 155. The standard InChI is InChI=1S/C19H41NS/c1-3-21-19-17-15-13-11-9-7-5-4-6-8-10-12-14-16-18-20-2/h20H,3-19H2,1-2H3. The summed E-state index contributed by atoms with van der Waals surface area (Å²) in [7, 11) is 2.05. The fourth-order valence-corrected chi connectivity index (χ4v) is 3.47. The van der Waals surface area contributed by atoms with Crippen LogP contribution in [0.25, 0.3) is 0 Å². The molecule has 0 saturated carbocycles. The van der Waals surface area contributed by atoms with E-state index in [2.05, 4.69) is 24.0 Å². The van der Waals surface area contributed by atoms with Gasteiger partial charge in [0.25, 0.3) is 0 Å². The minimum absolute atomic E-state index is 1.19. The fraction of sp³-hybridized carbons (Fsp3) is 1.00. The van der Waals surface area contributed by atoms with E-state index in [0.717, 1.165) is 0 Å². The van der Waals surface area contributed by atoms with Crippen LogP contribution >= 0.6 is 11.8 Å². The number of hydrogen-bond acceptors (Lipinski definition) is 2. The lowest BCUT2D eigenvalue weighted by Crippen LogP contribution is -2.06. The highest BCUT2D eigenvalue weighted by Gasteiger charge is 1.94. The van der Waals surface area contributed by atoms with Gasteiger partial charge >= 0.3 is 0 Å². The molecule has 0 aromatic carbocycles. The Balaban J connectivity index is 2.90. The summed E-state index contributed by atoms with van der Waals surface area (Å²) >= 11 is 2.09. The molecule has 0 aliphatic heterocycles. The summed E-state index contributed by atoms with van der Waals surface area (Å²) in [6.07, 6.45) is 20.4. The second-order valence-corrected chi connectivity index (χ2v) is 7.64. The van der Waals surface area contributed by atoms with E-state index in [-0.39, 0.29) is 0 Å². The summed E-state index contributed by atoms with van der Waals surface area (Å²) in [6, 6.07) is 0. The molecule has 21 heavy (non-hydrogen) atoms. The van der Waals surface area contributed by atoms with Gasteiger partial charge in [0.1, 0.15) is 0 Å². The first-order valence-corrected chi connectivity index (χ1v) is 10.8. The summed E-state index contributed by atoms with van der Waals surface area (Å²) in [5.74, 6) is 2.67. The molecular weight excluding hydrogens is 274 g/mol. The summed E-state index contributed by atoms with van der Waals surface area (Å²) in [4.78, 5) is 0.